The van der Waals surface area contributed by atoms with Gasteiger partial charge in [0.05, 0.1) is 5.69 Å². The van der Waals surface area contributed by atoms with Crippen LogP contribution in [-0.2, 0) is 22.6 Å². The predicted molar refractivity (Wildman–Crippen MR) is 121 cm³/mol. The molecule has 1 atom stereocenters. The summed E-state index contributed by atoms with van der Waals surface area (Å²) < 4.78 is 1.05. The van der Waals surface area contributed by atoms with E-state index in [2.05, 4.69) is 10.4 Å². The molecule has 7 heteroatoms. The molecule has 0 saturated heterocycles. The Balaban J connectivity index is 1.55. The molecule has 0 aliphatic heterocycles. The molecular formula is C25H21N3O4. The Kier molecular flexibility index (Phi) is 6.07. The first-order valence-electron chi connectivity index (χ1n) is 10.1. The van der Waals surface area contributed by atoms with Crippen molar-refractivity contribution in [1.29, 1.82) is 0 Å². The van der Waals surface area contributed by atoms with Crippen LogP contribution >= 0.6 is 0 Å². The molecule has 1 heterocycles. The van der Waals surface area contributed by atoms with E-state index in [-0.39, 0.29) is 13.0 Å². The van der Waals surface area contributed by atoms with Gasteiger partial charge in [0.25, 0.3) is 5.56 Å². The highest BCUT2D eigenvalue weighted by atomic mass is 16.4. The number of rotatable bonds is 7. The van der Waals surface area contributed by atoms with Gasteiger partial charge in [-0.2, -0.15) is 5.10 Å². The first kappa shape index (κ1) is 21.0. The van der Waals surface area contributed by atoms with Crippen LogP contribution in [-0.4, -0.2) is 32.8 Å². The van der Waals surface area contributed by atoms with Crippen molar-refractivity contribution in [2.24, 2.45) is 0 Å². The van der Waals surface area contributed by atoms with Gasteiger partial charge >= 0.3 is 5.97 Å². The Hall–Kier alpha value is -4.26. The number of aromatic nitrogens is 2. The van der Waals surface area contributed by atoms with Crippen LogP contribution in [0.2, 0.25) is 0 Å². The molecular weight excluding hydrogens is 406 g/mol. The molecule has 3 aromatic carbocycles. The van der Waals surface area contributed by atoms with Gasteiger partial charge in [-0.05, 0) is 22.4 Å². The lowest BCUT2D eigenvalue weighted by Crippen LogP contribution is -2.44. The van der Waals surface area contributed by atoms with Gasteiger partial charge in [0.2, 0.25) is 5.91 Å². The van der Waals surface area contributed by atoms with Gasteiger partial charge in [0.15, 0.2) is 0 Å². The van der Waals surface area contributed by atoms with E-state index < -0.39 is 23.5 Å². The summed E-state index contributed by atoms with van der Waals surface area (Å²) in [7, 11) is 0. The minimum atomic E-state index is -1.15. The highest BCUT2D eigenvalue weighted by Gasteiger charge is 2.21. The Morgan fingerprint density at radius 2 is 1.62 bits per heavy atom. The first-order chi connectivity index (χ1) is 15.5. The third kappa shape index (κ3) is 4.73. The molecule has 0 radical (unpaired) electrons. The molecule has 32 heavy (non-hydrogen) atoms. The number of carboxylic acids is 1. The SMILES string of the molecule is O=C(Cn1nc(-c2cccc3ccccc23)ccc1=O)N[C@H](Cc1ccccc1)C(=O)O. The van der Waals surface area contributed by atoms with Gasteiger partial charge in [0, 0.05) is 18.1 Å². The lowest BCUT2D eigenvalue weighted by atomic mass is 10.0. The molecule has 0 aliphatic rings. The van der Waals surface area contributed by atoms with Crippen molar-refractivity contribution in [3.05, 3.63) is 101 Å². The highest BCUT2D eigenvalue weighted by molar-refractivity contribution is 5.95. The molecule has 7 nitrogen and oxygen atoms in total. The molecule has 0 saturated carbocycles. The van der Waals surface area contributed by atoms with Crippen molar-refractivity contribution in [3.63, 3.8) is 0 Å². The molecule has 2 N–H and O–H groups in total. The average molecular weight is 427 g/mol. The van der Waals surface area contributed by atoms with Crippen LogP contribution in [0.3, 0.4) is 0 Å². The van der Waals surface area contributed by atoms with E-state index in [1.165, 1.54) is 6.07 Å². The summed E-state index contributed by atoms with van der Waals surface area (Å²) in [5, 5.41) is 18.4. The fourth-order valence-corrected chi connectivity index (χ4v) is 3.58. The average Bonchev–Trinajstić information content (AvgIpc) is 2.80. The van der Waals surface area contributed by atoms with Gasteiger partial charge in [-0.25, -0.2) is 9.48 Å². The van der Waals surface area contributed by atoms with E-state index in [0.29, 0.717) is 5.69 Å². The van der Waals surface area contributed by atoms with Crippen LogP contribution in [0.1, 0.15) is 5.56 Å². The van der Waals surface area contributed by atoms with E-state index in [4.69, 9.17) is 0 Å². The second-order valence-electron chi connectivity index (χ2n) is 7.39. The van der Waals surface area contributed by atoms with Crippen LogP contribution < -0.4 is 10.9 Å². The van der Waals surface area contributed by atoms with Crippen molar-refractivity contribution < 1.29 is 14.7 Å². The Morgan fingerprint density at radius 1 is 0.906 bits per heavy atom. The number of amides is 1. The monoisotopic (exact) mass is 427 g/mol. The molecule has 1 aromatic heterocycles. The third-order valence-electron chi connectivity index (χ3n) is 5.14. The van der Waals surface area contributed by atoms with E-state index in [0.717, 1.165) is 26.6 Å². The smallest absolute Gasteiger partial charge is 0.326 e. The number of carboxylic acid groups (broad SMARTS) is 1. The zero-order valence-electron chi connectivity index (χ0n) is 17.1. The Bertz CT molecular complexity index is 1330. The number of carbonyl (C=O) groups is 2. The maximum absolute atomic E-state index is 12.6. The molecule has 4 aromatic rings. The number of hydrogen-bond acceptors (Lipinski definition) is 4. The van der Waals surface area contributed by atoms with Gasteiger partial charge in [-0.15, -0.1) is 0 Å². The maximum Gasteiger partial charge on any atom is 0.326 e. The fourth-order valence-electron chi connectivity index (χ4n) is 3.58. The molecule has 0 bridgehead atoms. The third-order valence-corrected chi connectivity index (χ3v) is 5.14. The normalized spacial score (nSPS) is 11.8. The molecule has 0 fully saturated rings. The van der Waals surface area contributed by atoms with Crippen LogP contribution in [0.4, 0.5) is 0 Å². The summed E-state index contributed by atoms with van der Waals surface area (Å²) in [5.74, 6) is -1.75. The number of nitrogens with one attached hydrogen (secondary N) is 1. The summed E-state index contributed by atoms with van der Waals surface area (Å²) >= 11 is 0. The maximum atomic E-state index is 12.6. The summed E-state index contributed by atoms with van der Waals surface area (Å²) in [6, 6.07) is 24.5. The largest absolute Gasteiger partial charge is 0.480 e. The van der Waals surface area contributed by atoms with Crippen molar-refractivity contribution >= 4 is 22.6 Å². The van der Waals surface area contributed by atoms with Crippen LogP contribution in [0.15, 0.2) is 89.7 Å². The molecule has 0 aliphatic carbocycles. The van der Waals surface area contributed by atoms with Gasteiger partial charge in [-0.1, -0.05) is 72.8 Å². The second kappa shape index (κ2) is 9.26. The van der Waals surface area contributed by atoms with E-state index in [1.54, 1.807) is 30.3 Å². The van der Waals surface area contributed by atoms with Gasteiger partial charge in [-0.3, -0.25) is 9.59 Å². The highest BCUT2D eigenvalue weighted by Crippen LogP contribution is 2.26. The zero-order valence-corrected chi connectivity index (χ0v) is 17.1. The topological polar surface area (TPSA) is 101 Å². The summed E-state index contributed by atoms with van der Waals surface area (Å²) in [6.45, 7) is -0.379. The van der Waals surface area contributed by atoms with E-state index >= 15 is 0 Å². The molecule has 0 spiro atoms. The second-order valence-corrected chi connectivity index (χ2v) is 7.39. The minimum Gasteiger partial charge on any atom is -0.480 e. The first-order valence-corrected chi connectivity index (χ1v) is 10.1. The minimum absolute atomic E-state index is 0.139. The predicted octanol–water partition coefficient (Wildman–Crippen LogP) is 2.88. The molecule has 160 valence electrons. The standard InChI is InChI=1S/C25H21N3O4/c29-23(26-22(25(31)32)15-17-7-2-1-3-8-17)16-28-24(30)14-13-21(27-28)20-12-6-10-18-9-4-5-11-19(18)20/h1-14,22H,15-16H2,(H,26,29)(H,31,32)/t22-/m1/s1. The lowest BCUT2D eigenvalue weighted by molar-refractivity contribution is -0.141. The zero-order chi connectivity index (χ0) is 22.5. The fraction of sp³-hybridized carbons (Fsp3) is 0.120. The summed E-state index contributed by atoms with van der Waals surface area (Å²) in [6.07, 6.45) is 0.139. The van der Waals surface area contributed by atoms with E-state index in [9.17, 15) is 19.5 Å². The summed E-state index contributed by atoms with van der Waals surface area (Å²) in [4.78, 5) is 36.5. The summed E-state index contributed by atoms with van der Waals surface area (Å²) in [5.41, 5.74) is 1.73. The van der Waals surface area contributed by atoms with Crippen LogP contribution in [0, 0.1) is 0 Å². The number of aliphatic carboxylic acids is 1. The number of carbonyl (C=O) groups excluding carboxylic acids is 1. The molecule has 4 rings (SSSR count). The van der Waals surface area contributed by atoms with Crippen molar-refractivity contribution in [3.8, 4) is 11.3 Å². The Morgan fingerprint density at radius 3 is 2.41 bits per heavy atom. The quantitative estimate of drug-likeness (QED) is 0.472. The van der Waals surface area contributed by atoms with Crippen molar-refractivity contribution in [2.75, 3.05) is 0 Å². The number of hydrogen-bond donors (Lipinski definition) is 2. The number of benzene rings is 3. The van der Waals surface area contributed by atoms with Crippen LogP contribution in [0.25, 0.3) is 22.0 Å². The number of fused-ring (bicyclic) bond motifs is 1. The van der Waals surface area contributed by atoms with Crippen LogP contribution in [0.5, 0.6) is 0 Å². The van der Waals surface area contributed by atoms with Gasteiger partial charge < -0.3 is 10.4 Å². The Labute approximate surface area is 183 Å². The lowest BCUT2D eigenvalue weighted by Gasteiger charge is -2.15. The molecule has 1 amide bonds. The van der Waals surface area contributed by atoms with Crippen molar-refractivity contribution in [2.45, 2.75) is 19.0 Å². The molecule has 0 unspecified atom stereocenters. The van der Waals surface area contributed by atoms with Gasteiger partial charge in [0.1, 0.15) is 12.6 Å². The van der Waals surface area contributed by atoms with E-state index in [1.807, 2.05) is 48.5 Å². The number of nitrogens with zero attached hydrogens (tertiary/aromatic N) is 2. The van der Waals surface area contributed by atoms with Crippen molar-refractivity contribution in [1.82, 2.24) is 15.1 Å².